The van der Waals surface area contributed by atoms with Crippen molar-refractivity contribution in [2.75, 3.05) is 20.3 Å². The van der Waals surface area contributed by atoms with E-state index in [1.54, 1.807) is 19.2 Å². The summed E-state index contributed by atoms with van der Waals surface area (Å²) in [5.74, 6) is 0. The molecule has 0 saturated heterocycles. The van der Waals surface area contributed by atoms with Crippen LogP contribution in [0.25, 0.3) is 0 Å². The van der Waals surface area contributed by atoms with Crippen molar-refractivity contribution < 1.29 is 4.74 Å². The minimum atomic E-state index is 0.591. The zero-order chi connectivity index (χ0) is 11.8. The van der Waals surface area contributed by atoms with Gasteiger partial charge in [-0.05, 0) is 30.7 Å². The lowest BCUT2D eigenvalue weighted by Crippen LogP contribution is -2.16. The number of nitriles is 1. The van der Waals surface area contributed by atoms with Crippen LogP contribution in [0.2, 0.25) is 5.02 Å². The van der Waals surface area contributed by atoms with Gasteiger partial charge < -0.3 is 10.1 Å². The van der Waals surface area contributed by atoms with Gasteiger partial charge in [0, 0.05) is 25.3 Å². The Morgan fingerprint density at radius 2 is 2.31 bits per heavy atom. The Hall–Kier alpha value is -1.08. The van der Waals surface area contributed by atoms with Crippen molar-refractivity contribution in [3.63, 3.8) is 0 Å². The minimum Gasteiger partial charge on any atom is -0.385 e. The highest BCUT2D eigenvalue weighted by Crippen LogP contribution is 2.17. The van der Waals surface area contributed by atoms with E-state index < -0.39 is 0 Å². The van der Waals surface area contributed by atoms with Crippen molar-refractivity contribution in [2.24, 2.45) is 0 Å². The Morgan fingerprint density at radius 1 is 1.50 bits per heavy atom. The molecule has 1 aromatic carbocycles. The smallest absolute Gasteiger partial charge is 0.0992 e. The van der Waals surface area contributed by atoms with Gasteiger partial charge in [0.05, 0.1) is 11.6 Å². The molecule has 0 aromatic heterocycles. The van der Waals surface area contributed by atoms with Gasteiger partial charge in [-0.2, -0.15) is 5.26 Å². The monoisotopic (exact) mass is 238 g/mol. The molecule has 4 heteroatoms. The van der Waals surface area contributed by atoms with E-state index in [4.69, 9.17) is 21.6 Å². The fourth-order valence-electron chi connectivity index (χ4n) is 1.32. The first-order chi connectivity index (χ1) is 7.77. The number of nitrogens with one attached hydrogen (secondary N) is 1. The molecule has 1 rings (SSSR count). The number of methoxy groups -OCH3 is 1. The number of hydrogen-bond acceptors (Lipinski definition) is 3. The Morgan fingerprint density at radius 3 is 2.94 bits per heavy atom. The van der Waals surface area contributed by atoms with E-state index in [9.17, 15) is 0 Å². The largest absolute Gasteiger partial charge is 0.385 e. The number of rotatable bonds is 6. The molecule has 0 spiro atoms. The van der Waals surface area contributed by atoms with Crippen LogP contribution in [0.3, 0.4) is 0 Å². The van der Waals surface area contributed by atoms with E-state index in [0.717, 1.165) is 25.1 Å². The molecule has 0 aliphatic rings. The quantitative estimate of drug-likeness (QED) is 0.774. The molecule has 0 atom stereocenters. The number of hydrogen-bond donors (Lipinski definition) is 1. The van der Waals surface area contributed by atoms with E-state index in [1.807, 2.05) is 6.07 Å². The molecule has 0 aliphatic carbocycles. The molecule has 3 nitrogen and oxygen atoms in total. The highest BCUT2D eigenvalue weighted by molar-refractivity contribution is 6.31. The van der Waals surface area contributed by atoms with Crippen LogP contribution in [0, 0.1) is 11.3 Å². The van der Waals surface area contributed by atoms with E-state index in [0.29, 0.717) is 17.1 Å². The summed E-state index contributed by atoms with van der Waals surface area (Å²) in [5, 5.41) is 12.6. The summed E-state index contributed by atoms with van der Waals surface area (Å²) in [5.41, 5.74) is 1.60. The van der Waals surface area contributed by atoms with Gasteiger partial charge in [0.15, 0.2) is 0 Å². The third-order valence-electron chi connectivity index (χ3n) is 2.20. The summed E-state index contributed by atoms with van der Waals surface area (Å²) in [4.78, 5) is 0. The second-order valence-electron chi connectivity index (χ2n) is 3.44. The Kier molecular flexibility index (Phi) is 5.87. The van der Waals surface area contributed by atoms with Gasteiger partial charge in [0.25, 0.3) is 0 Å². The molecule has 86 valence electrons. The van der Waals surface area contributed by atoms with Crippen LogP contribution in [0.4, 0.5) is 0 Å². The molecular weight excluding hydrogens is 224 g/mol. The maximum absolute atomic E-state index is 8.69. The topological polar surface area (TPSA) is 45.0 Å². The fourth-order valence-corrected chi connectivity index (χ4v) is 1.57. The maximum atomic E-state index is 8.69. The summed E-state index contributed by atoms with van der Waals surface area (Å²) < 4.78 is 4.95. The van der Waals surface area contributed by atoms with Gasteiger partial charge in [0.1, 0.15) is 0 Å². The molecule has 16 heavy (non-hydrogen) atoms. The van der Waals surface area contributed by atoms with Gasteiger partial charge in [-0.15, -0.1) is 0 Å². The van der Waals surface area contributed by atoms with E-state index in [-0.39, 0.29) is 0 Å². The van der Waals surface area contributed by atoms with Crippen molar-refractivity contribution in [3.8, 4) is 6.07 Å². The van der Waals surface area contributed by atoms with Crippen LogP contribution < -0.4 is 5.32 Å². The third kappa shape index (κ3) is 4.19. The van der Waals surface area contributed by atoms with Gasteiger partial charge in [-0.3, -0.25) is 0 Å². The van der Waals surface area contributed by atoms with Gasteiger partial charge in [-0.25, -0.2) is 0 Å². The summed E-state index contributed by atoms with van der Waals surface area (Å²) in [6.45, 7) is 2.37. The summed E-state index contributed by atoms with van der Waals surface area (Å²) >= 11 is 6.03. The summed E-state index contributed by atoms with van der Waals surface area (Å²) in [6, 6.07) is 7.40. The zero-order valence-corrected chi connectivity index (χ0v) is 10.0. The normalized spacial score (nSPS) is 10.1. The fraction of sp³-hybridized carbons (Fsp3) is 0.417. The molecule has 0 aliphatic heterocycles. The SMILES string of the molecule is COCCCNCc1ccc(C#N)cc1Cl. The zero-order valence-electron chi connectivity index (χ0n) is 9.29. The molecule has 0 bridgehead atoms. The summed E-state index contributed by atoms with van der Waals surface area (Å²) in [7, 11) is 1.69. The van der Waals surface area contributed by atoms with Crippen molar-refractivity contribution in [1.29, 1.82) is 5.26 Å². The van der Waals surface area contributed by atoms with Gasteiger partial charge in [-0.1, -0.05) is 17.7 Å². The lowest BCUT2D eigenvalue weighted by Gasteiger charge is -2.06. The first-order valence-electron chi connectivity index (χ1n) is 5.16. The lowest BCUT2D eigenvalue weighted by atomic mass is 10.1. The second-order valence-corrected chi connectivity index (χ2v) is 3.85. The minimum absolute atomic E-state index is 0.591. The molecule has 0 saturated carbocycles. The van der Waals surface area contributed by atoms with Crippen molar-refractivity contribution >= 4 is 11.6 Å². The number of nitrogens with zero attached hydrogens (tertiary/aromatic N) is 1. The van der Waals surface area contributed by atoms with Crippen LogP contribution in [-0.4, -0.2) is 20.3 Å². The molecule has 0 radical (unpaired) electrons. The highest BCUT2D eigenvalue weighted by Gasteiger charge is 2.01. The predicted molar refractivity (Wildman–Crippen MR) is 64.4 cm³/mol. The number of halogens is 1. The van der Waals surface area contributed by atoms with Gasteiger partial charge >= 0.3 is 0 Å². The van der Waals surface area contributed by atoms with Crippen LogP contribution >= 0.6 is 11.6 Å². The van der Waals surface area contributed by atoms with Crippen LogP contribution in [0.1, 0.15) is 17.5 Å². The van der Waals surface area contributed by atoms with Crippen molar-refractivity contribution in [2.45, 2.75) is 13.0 Å². The Labute approximate surface area is 101 Å². The Balaban J connectivity index is 2.40. The van der Waals surface area contributed by atoms with E-state index in [2.05, 4.69) is 11.4 Å². The van der Waals surface area contributed by atoms with Crippen molar-refractivity contribution in [1.82, 2.24) is 5.32 Å². The average molecular weight is 239 g/mol. The molecule has 1 aromatic rings. The number of benzene rings is 1. The second kappa shape index (κ2) is 7.24. The van der Waals surface area contributed by atoms with E-state index >= 15 is 0 Å². The third-order valence-corrected chi connectivity index (χ3v) is 2.55. The molecule has 0 unspecified atom stereocenters. The van der Waals surface area contributed by atoms with E-state index in [1.165, 1.54) is 0 Å². The van der Waals surface area contributed by atoms with Crippen LogP contribution in [0.15, 0.2) is 18.2 Å². The van der Waals surface area contributed by atoms with Crippen molar-refractivity contribution in [3.05, 3.63) is 34.3 Å². The standard InChI is InChI=1S/C12H15ClN2O/c1-16-6-2-5-15-9-11-4-3-10(8-14)7-12(11)13/h3-4,7,15H,2,5-6,9H2,1H3. The maximum Gasteiger partial charge on any atom is 0.0992 e. The molecule has 0 heterocycles. The Bertz CT molecular complexity index is 374. The first-order valence-corrected chi connectivity index (χ1v) is 5.54. The molecule has 0 amide bonds. The van der Waals surface area contributed by atoms with Crippen LogP contribution in [0.5, 0.6) is 0 Å². The lowest BCUT2D eigenvalue weighted by molar-refractivity contribution is 0.194. The number of ether oxygens (including phenoxy) is 1. The molecule has 0 fully saturated rings. The molecular formula is C12H15ClN2O. The highest BCUT2D eigenvalue weighted by atomic mass is 35.5. The summed E-state index contributed by atoms with van der Waals surface area (Å²) in [6.07, 6.45) is 0.977. The average Bonchev–Trinajstić information content (AvgIpc) is 2.30. The van der Waals surface area contributed by atoms with Crippen LogP contribution in [-0.2, 0) is 11.3 Å². The molecule has 1 N–H and O–H groups in total. The predicted octanol–water partition coefficient (Wildman–Crippen LogP) is 2.34. The first kappa shape index (κ1) is 13.0. The van der Waals surface area contributed by atoms with Gasteiger partial charge in [0.2, 0.25) is 0 Å².